The molecule has 0 atom stereocenters. The third kappa shape index (κ3) is 1.34. The van der Waals surface area contributed by atoms with Gasteiger partial charge in [0.15, 0.2) is 0 Å². The molecule has 4 nitrogen and oxygen atoms in total. The second-order valence-electron chi connectivity index (χ2n) is 1.52. The minimum absolute atomic E-state index is 0.337. The van der Waals surface area contributed by atoms with E-state index in [1.54, 1.807) is 5.38 Å². The molecule has 5 heteroatoms. The van der Waals surface area contributed by atoms with Crippen LogP contribution in [0.5, 0.6) is 0 Å². The van der Waals surface area contributed by atoms with E-state index in [-0.39, 0.29) is 5.78 Å². The first-order chi connectivity index (χ1) is 4.84. The maximum atomic E-state index is 10.8. The average Bonchev–Trinajstić information content (AvgIpc) is 2.38. The van der Waals surface area contributed by atoms with Crippen molar-refractivity contribution >= 4 is 23.5 Å². The van der Waals surface area contributed by atoms with Crippen LogP contribution in [0.15, 0.2) is 11.6 Å². The van der Waals surface area contributed by atoms with Gasteiger partial charge in [0.25, 0.3) is 5.78 Å². The zero-order valence-electron chi connectivity index (χ0n) is 4.89. The molecule has 0 amide bonds. The lowest BCUT2D eigenvalue weighted by atomic mass is 10.3. The summed E-state index contributed by atoms with van der Waals surface area (Å²) in [5.41, 5.74) is 8.41. The van der Waals surface area contributed by atoms with Gasteiger partial charge in [0.1, 0.15) is 0 Å². The Labute approximate surface area is 60.9 Å². The molecule has 0 radical (unpaired) electrons. The molecule has 0 aliphatic heterocycles. The maximum absolute atomic E-state index is 10.8. The fraction of sp³-hybridized carbons (Fsp3) is 0. The van der Waals surface area contributed by atoms with Crippen molar-refractivity contribution in [1.29, 1.82) is 0 Å². The van der Waals surface area contributed by atoms with Gasteiger partial charge in [-0.1, -0.05) is 0 Å². The molecular weight excluding hydrogens is 150 g/mol. The number of aromatic nitrogens is 1. The van der Waals surface area contributed by atoms with Gasteiger partial charge in [0, 0.05) is 5.38 Å². The van der Waals surface area contributed by atoms with Crippen molar-refractivity contribution in [2.45, 2.75) is 0 Å². The van der Waals surface area contributed by atoms with Crippen molar-refractivity contribution in [1.82, 2.24) is 4.37 Å². The van der Waals surface area contributed by atoms with Crippen molar-refractivity contribution in [3.8, 4) is 0 Å². The summed E-state index contributed by atoms with van der Waals surface area (Å²) >= 11 is 1.18. The van der Waals surface area contributed by atoms with Crippen LogP contribution in [0.25, 0.3) is 5.53 Å². The van der Waals surface area contributed by atoms with Gasteiger partial charge in [-0.2, -0.15) is 4.79 Å². The minimum atomic E-state index is -0.337. The van der Waals surface area contributed by atoms with Crippen molar-refractivity contribution in [3.05, 3.63) is 22.7 Å². The molecule has 0 unspecified atom stereocenters. The van der Waals surface area contributed by atoms with Crippen molar-refractivity contribution in [3.63, 3.8) is 0 Å². The molecule has 0 bridgehead atoms. The van der Waals surface area contributed by atoms with Crippen LogP contribution < -0.4 is 0 Å². The van der Waals surface area contributed by atoms with Gasteiger partial charge < -0.3 is 5.53 Å². The highest BCUT2D eigenvalue weighted by Gasteiger charge is 2.06. The van der Waals surface area contributed by atoms with E-state index in [0.29, 0.717) is 5.56 Å². The predicted molar refractivity (Wildman–Crippen MR) is 36.1 cm³/mol. The van der Waals surface area contributed by atoms with Gasteiger partial charge in [-0.15, -0.1) is 0 Å². The summed E-state index contributed by atoms with van der Waals surface area (Å²) in [4.78, 5) is 13.4. The Hall–Kier alpha value is -1.32. The highest BCUT2D eigenvalue weighted by atomic mass is 32.1. The third-order valence-electron chi connectivity index (χ3n) is 0.892. The van der Waals surface area contributed by atoms with Gasteiger partial charge in [-0.3, -0.25) is 4.79 Å². The van der Waals surface area contributed by atoms with Crippen LogP contribution in [-0.2, 0) is 0 Å². The lowest BCUT2D eigenvalue weighted by molar-refractivity contribution is 0.00235. The van der Waals surface area contributed by atoms with E-state index in [0.717, 1.165) is 6.21 Å². The molecule has 0 spiro atoms. The highest BCUT2D eigenvalue weighted by molar-refractivity contribution is 7.03. The molecule has 1 aromatic rings. The van der Waals surface area contributed by atoms with E-state index in [4.69, 9.17) is 5.53 Å². The van der Waals surface area contributed by atoms with Gasteiger partial charge in [0.05, 0.1) is 11.8 Å². The summed E-state index contributed by atoms with van der Waals surface area (Å²) in [5, 5.41) is 1.59. The van der Waals surface area contributed by atoms with E-state index in [2.05, 4.69) is 9.16 Å². The molecule has 50 valence electrons. The average molecular weight is 153 g/mol. The van der Waals surface area contributed by atoms with E-state index in [1.807, 2.05) is 0 Å². The molecule has 0 N–H and O–H groups in total. The highest BCUT2D eigenvalue weighted by Crippen LogP contribution is 2.00. The molecule has 10 heavy (non-hydrogen) atoms. The van der Waals surface area contributed by atoms with E-state index in [1.165, 1.54) is 17.7 Å². The Morgan fingerprint density at radius 1 is 1.90 bits per heavy atom. The topological polar surface area (TPSA) is 66.4 Å². The smallest absolute Gasteiger partial charge is 0.328 e. The Morgan fingerprint density at radius 3 is 3.20 bits per heavy atom. The first-order valence-corrected chi connectivity index (χ1v) is 3.29. The Morgan fingerprint density at radius 2 is 2.70 bits per heavy atom. The molecule has 0 saturated heterocycles. The second-order valence-corrected chi connectivity index (χ2v) is 2.18. The van der Waals surface area contributed by atoms with Crippen LogP contribution in [0.3, 0.4) is 0 Å². The quantitative estimate of drug-likeness (QED) is 0.270. The zero-order chi connectivity index (χ0) is 7.40. The van der Waals surface area contributed by atoms with Crippen molar-refractivity contribution < 1.29 is 9.58 Å². The summed E-state index contributed by atoms with van der Waals surface area (Å²) in [6.45, 7) is 0. The first-order valence-electron chi connectivity index (χ1n) is 2.45. The molecule has 0 aliphatic rings. The molecule has 0 aliphatic carbocycles. The van der Waals surface area contributed by atoms with Crippen LogP contribution in [0.4, 0.5) is 0 Å². The largest absolute Gasteiger partial charge is 0.361 e. The number of carbonyl (C=O) groups is 1. The summed E-state index contributed by atoms with van der Waals surface area (Å²) in [5.74, 6) is -0.337. The lowest BCUT2D eigenvalue weighted by Crippen LogP contribution is -1.97. The zero-order valence-corrected chi connectivity index (χ0v) is 5.71. The summed E-state index contributed by atoms with van der Waals surface area (Å²) in [6, 6.07) is 0. The van der Waals surface area contributed by atoms with Gasteiger partial charge in [0.2, 0.25) is 0 Å². The van der Waals surface area contributed by atoms with Crippen LogP contribution in [0.2, 0.25) is 0 Å². The van der Waals surface area contributed by atoms with E-state index >= 15 is 0 Å². The number of ketones is 1. The number of nitrogens with zero attached hydrogens (tertiary/aromatic N) is 3. The monoisotopic (exact) mass is 153 g/mol. The standard InChI is InChI=1S/C5H3N3OS/c6-7-2-5(9)4-1-8-10-3-4/h1-3H. The molecule has 1 heterocycles. The Balaban J connectivity index is 2.87. The normalized spacial score (nSPS) is 8.40. The molecule has 1 aromatic heterocycles. The number of carbonyl (C=O) groups excluding carboxylic acids is 1. The predicted octanol–water partition coefficient (Wildman–Crippen LogP) is 0.626. The fourth-order valence-electron chi connectivity index (χ4n) is 0.454. The van der Waals surface area contributed by atoms with Gasteiger partial charge in [-0.25, -0.2) is 4.37 Å². The Bertz CT molecular complexity index is 273. The Kier molecular flexibility index (Phi) is 2.04. The molecule has 1 rings (SSSR count). The molecule has 0 saturated carbocycles. The molecular formula is C5H3N3OS. The van der Waals surface area contributed by atoms with Crippen LogP contribution >= 0.6 is 11.5 Å². The van der Waals surface area contributed by atoms with E-state index < -0.39 is 0 Å². The second kappa shape index (κ2) is 3.00. The molecule has 0 fully saturated rings. The summed E-state index contributed by atoms with van der Waals surface area (Å²) in [7, 11) is 0. The van der Waals surface area contributed by atoms with E-state index in [9.17, 15) is 4.79 Å². The minimum Gasteiger partial charge on any atom is -0.361 e. The van der Waals surface area contributed by atoms with Gasteiger partial charge >= 0.3 is 6.21 Å². The number of Topliss-reactive ketones (excluding diaryl/α,β-unsaturated/α-hetero) is 1. The number of hydrogen-bond acceptors (Lipinski definition) is 3. The van der Waals surface area contributed by atoms with Crippen LogP contribution in [-0.4, -0.2) is 21.2 Å². The number of rotatable bonds is 2. The fourth-order valence-corrected chi connectivity index (χ4v) is 0.979. The first kappa shape index (κ1) is 6.80. The van der Waals surface area contributed by atoms with Crippen LogP contribution in [0.1, 0.15) is 10.4 Å². The maximum Gasteiger partial charge on any atom is 0.328 e. The number of hydrogen-bond donors (Lipinski definition) is 0. The SMILES string of the molecule is [N-]=[N+]=CC(=O)c1cnsc1. The van der Waals surface area contributed by atoms with Crippen molar-refractivity contribution in [2.24, 2.45) is 0 Å². The summed E-state index contributed by atoms with van der Waals surface area (Å²) < 4.78 is 3.70. The van der Waals surface area contributed by atoms with Gasteiger partial charge in [-0.05, 0) is 11.5 Å². The summed E-state index contributed by atoms with van der Waals surface area (Å²) in [6.07, 6.45) is 2.26. The third-order valence-corrected chi connectivity index (χ3v) is 1.48. The lowest BCUT2D eigenvalue weighted by Gasteiger charge is -1.75. The molecule has 0 aromatic carbocycles. The van der Waals surface area contributed by atoms with Crippen molar-refractivity contribution in [2.75, 3.05) is 0 Å². The van der Waals surface area contributed by atoms with Crippen LogP contribution in [0, 0.1) is 0 Å².